The third kappa shape index (κ3) is 3.50. The number of benzene rings is 2. The largest absolute Gasteiger partial charge is 0.367 e. The number of rotatable bonds is 5. The molecule has 1 aliphatic heterocycles. The maximum absolute atomic E-state index is 13.1. The van der Waals surface area contributed by atoms with Gasteiger partial charge in [0.25, 0.3) is 5.91 Å². The fourth-order valence-corrected chi connectivity index (χ4v) is 4.04. The highest BCUT2D eigenvalue weighted by Crippen LogP contribution is 2.28. The van der Waals surface area contributed by atoms with Gasteiger partial charge in [-0.05, 0) is 31.7 Å². The normalized spacial score (nSPS) is 15.1. The summed E-state index contributed by atoms with van der Waals surface area (Å²) in [5.41, 5.74) is 3.80. The molecular weight excluding hydrogens is 348 g/mol. The molecule has 0 aliphatic carbocycles. The molecule has 5 heteroatoms. The Labute approximate surface area is 166 Å². The Balaban J connectivity index is 1.60. The Morgan fingerprint density at radius 1 is 0.929 bits per heavy atom. The van der Waals surface area contributed by atoms with Gasteiger partial charge in [0, 0.05) is 49.8 Å². The quantitative estimate of drug-likeness (QED) is 0.730. The zero-order valence-corrected chi connectivity index (χ0v) is 16.7. The molecule has 28 heavy (non-hydrogen) atoms. The van der Waals surface area contributed by atoms with Gasteiger partial charge in [0.15, 0.2) is 0 Å². The minimum atomic E-state index is -0.0527. The van der Waals surface area contributed by atoms with Crippen LogP contribution in [-0.2, 0) is 6.54 Å². The summed E-state index contributed by atoms with van der Waals surface area (Å²) in [5, 5.41) is 4.17. The molecule has 0 bridgehead atoms. The average Bonchev–Trinajstić information content (AvgIpc) is 3.13. The van der Waals surface area contributed by atoms with Crippen molar-refractivity contribution >= 4 is 28.2 Å². The van der Waals surface area contributed by atoms with Crippen LogP contribution in [0.5, 0.6) is 0 Å². The van der Waals surface area contributed by atoms with E-state index in [1.165, 1.54) is 0 Å². The molecule has 0 unspecified atom stereocenters. The Morgan fingerprint density at radius 3 is 2.39 bits per heavy atom. The molecule has 1 fully saturated rings. The van der Waals surface area contributed by atoms with E-state index in [-0.39, 0.29) is 5.91 Å². The van der Waals surface area contributed by atoms with E-state index in [2.05, 4.69) is 45.7 Å². The van der Waals surface area contributed by atoms with E-state index in [1.807, 2.05) is 42.6 Å². The standard InChI is InChI=1S/C23H28N4O/c1-3-25-13-15-27(16-14-25)22-12-8-6-10-20(22)24-23(28)19-17-26(4-2)21-11-7-5-9-18(19)21/h5-12,17H,3-4,13-16H2,1-2H3,(H,24,28). The monoisotopic (exact) mass is 376 g/mol. The third-order valence-electron chi connectivity index (χ3n) is 5.69. The first-order chi connectivity index (χ1) is 13.7. The molecule has 1 saturated heterocycles. The van der Waals surface area contributed by atoms with Crippen molar-refractivity contribution in [1.82, 2.24) is 9.47 Å². The molecule has 5 nitrogen and oxygen atoms in total. The first-order valence-corrected chi connectivity index (χ1v) is 10.2. The number of para-hydroxylation sites is 3. The zero-order chi connectivity index (χ0) is 19.5. The van der Waals surface area contributed by atoms with Gasteiger partial charge < -0.3 is 19.7 Å². The van der Waals surface area contributed by atoms with Crippen LogP contribution in [0, 0.1) is 0 Å². The van der Waals surface area contributed by atoms with Crippen molar-refractivity contribution in [1.29, 1.82) is 0 Å². The van der Waals surface area contributed by atoms with Crippen LogP contribution in [0.25, 0.3) is 10.9 Å². The van der Waals surface area contributed by atoms with E-state index in [4.69, 9.17) is 0 Å². The Hall–Kier alpha value is -2.79. The highest BCUT2D eigenvalue weighted by atomic mass is 16.1. The number of carbonyl (C=O) groups excluding carboxylic acids is 1. The number of fused-ring (bicyclic) bond motifs is 1. The molecule has 2 aromatic carbocycles. The fraction of sp³-hybridized carbons (Fsp3) is 0.348. The van der Waals surface area contributed by atoms with Crippen LogP contribution in [0.3, 0.4) is 0 Å². The van der Waals surface area contributed by atoms with E-state index >= 15 is 0 Å². The summed E-state index contributed by atoms with van der Waals surface area (Å²) >= 11 is 0. The van der Waals surface area contributed by atoms with Gasteiger partial charge in [0.2, 0.25) is 0 Å². The number of nitrogens with one attached hydrogen (secondary N) is 1. The lowest BCUT2D eigenvalue weighted by molar-refractivity contribution is 0.102. The molecule has 4 rings (SSSR count). The average molecular weight is 377 g/mol. The number of piperazine rings is 1. The highest BCUT2D eigenvalue weighted by molar-refractivity contribution is 6.13. The van der Waals surface area contributed by atoms with Crippen molar-refractivity contribution in [3.05, 3.63) is 60.3 Å². The van der Waals surface area contributed by atoms with Crippen LogP contribution in [0.2, 0.25) is 0 Å². The van der Waals surface area contributed by atoms with Crippen LogP contribution in [-0.4, -0.2) is 48.1 Å². The number of anilines is 2. The molecule has 3 aromatic rings. The Morgan fingerprint density at radius 2 is 1.64 bits per heavy atom. The highest BCUT2D eigenvalue weighted by Gasteiger charge is 2.20. The van der Waals surface area contributed by atoms with Crippen LogP contribution in [0.15, 0.2) is 54.7 Å². The predicted octanol–water partition coefficient (Wildman–Crippen LogP) is 4.06. The van der Waals surface area contributed by atoms with E-state index in [9.17, 15) is 4.79 Å². The number of hydrogen-bond donors (Lipinski definition) is 1. The minimum absolute atomic E-state index is 0.0527. The lowest BCUT2D eigenvalue weighted by atomic mass is 10.1. The van der Waals surface area contributed by atoms with Gasteiger partial charge in [-0.2, -0.15) is 0 Å². The van der Waals surface area contributed by atoms with Gasteiger partial charge in [-0.1, -0.05) is 37.3 Å². The Bertz CT molecular complexity index is 970. The number of hydrogen-bond acceptors (Lipinski definition) is 3. The van der Waals surface area contributed by atoms with Crippen molar-refractivity contribution in [3.8, 4) is 0 Å². The van der Waals surface area contributed by atoms with E-state index in [0.717, 1.165) is 67.1 Å². The molecular formula is C23H28N4O. The molecule has 0 spiro atoms. The fourth-order valence-electron chi connectivity index (χ4n) is 4.04. The molecule has 0 saturated carbocycles. The predicted molar refractivity (Wildman–Crippen MR) is 116 cm³/mol. The molecule has 1 N–H and O–H groups in total. The summed E-state index contributed by atoms with van der Waals surface area (Å²) < 4.78 is 2.13. The number of nitrogens with zero attached hydrogens (tertiary/aromatic N) is 3. The zero-order valence-electron chi connectivity index (χ0n) is 16.7. The van der Waals surface area contributed by atoms with Crippen molar-refractivity contribution in [3.63, 3.8) is 0 Å². The second kappa shape index (κ2) is 8.07. The first kappa shape index (κ1) is 18.6. The van der Waals surface area contributed by atoms with Crippen LogP contribution in [0.4, 0.5) is 11.4 Å². The number of likely N-dealkylation sites (N-methyl/N-ethyl adjacent to an activating group) is 1. The molecule has 1 aromatic heterocycles. The maximum atomic E-state index is 13.1. The summed E-state index contributed by atoms with van der Waals surface area (Å²) in [6, 6.07) is 16.2. The van der Waals surface area contributed by atoms with Crippen molar-refractivity contribution in [2.75, 3.05) is 42.9 Å². The molecule has 0 atom stereocenters. The van der Waals surface area contributed by atoms with Crippen LogP contribution in [0.1, 0.15) is 24.2 Å². The van der Waals surface area contributed by atoms with Gasteiger partial charge in [-0.15, -0.1) is 0 Å². The molecule has 1 aliphatic rings. The van der Waals surface area contributed by atoms with E-state index < -0.39 is 0 Å². The lowest BCUT2D eigenvalue weighted by Gasteiger charge is -2.36. The number of amides is 1. The van der Waals surface area contributed by atoms with Gasteiger partial charge in [0.05, 0.1) is 16.9 Å². The van der Waals surface area contributed by atoms with Gasteiger partial charge in [0.1, 0.15) is 0 Å². The molecule has 146 valence electrons. The van der Waals surface area contributed by atoms with E-state index in [0.29, 0.717) is 0 Å². The first-order valence-electron chi connectivity index (χ1n) is 10.2. The third-order valence-corrected chi connectivity index (χ3v) is 5.69. The van der Waals surface area contributed by atoms with Crippen LogP contribution >= 0.6 is 0 Å². The van der Waals surface area contributed by atoms with Crippen molar-refractivity contribution < 1.29 is 4.79 Å². The maximum Gasteiger partial charge on any atom is 0.257 e. The Kier molecular flexibility index (Phi) is 5.35. The second-order valence-electron chi connectivity index (χ2n) is 7.24. The van der Waals surface area contributed by atoms with Gasteiger partial charge in [-0.3, -0.25) is 4.79 Å². The van der Waals surface area contributed by atoms with Gasteiger partial charge in [-0.25, -0.2) is 0 Å². The molecule has 0 radical (unpaired) electrons. The summed E-state index contributed by atoms with van der Waals surface area (Å²) in [5.74, 6) is -0.0527. The van der Waals surface area contributed by atoms with Crippen LogP contribution < -0.4 is 10.2 Å². The summed E-state index contributed by atoms with van der Waals surface area (Å²) in [6.07, 6.45) is 1.96. The number of aromatic nitrogens is 1. The second-order valence-corrected chi connectivity index (χ2v) is 7.24. The topological polar surface area (TPSA) is 40.5 Å². The minimum Gasteiger partial charge on any atom is -0.367 e. The number of carbonyl (C=O) groups is 1. The van der Waals surface area contributed by atoms with Crippen molar-refractivity contribution in [2.24, 2.45) is 0 Å². The number of aryl methyl sites for hydroxylation is 1. The summed E-state index contributed by atoms with van der Waals surface area (Å²) in [4.78, 5) is 18.0. The lowest BCUT2D eigenvalue weighted by Crippen LogP contribution is -2.46. The SMILES string of the molecule is CCN1CCN(c2ccccc2NC(=O)c2cn(CC)c3ccccc23)CC1. The molecule has 1 amide bonds. The summed E-state index contributed by atoms with van der Waals surface area (Å²) in [7, 11) is 0. The van der Waals surface area contributed by atoms with Crippen molar-refractivity contribution in [2.45, 2.75) is 20.4 Å². The van der Waals surface area contributed by atoms with Gasteiger partial charge >= 0.3 is 0 Å². The summed E-state index contributed by atoms with van der Waals surface area (Å²) in [6.45, 7) is 10.3. The molecule has 2 heterocycles. The smallest absolute Gasteiger partial charge is 0.257 e. The van der Waals surface area contributed by atoms with E-state index in [1.54, 1.807) is 0 Å².